The molecule has 8 heteroatoms. The molecule has 24 heavy (non-hydrogen) atoms. The molecule has 0 spiro atoms. The van der Waals surface area contributed by atoms with Crippen LogP contribution in [0.5, 0.6) is 0 Å². The molecule has 1 N–H and O–H groups in total. The molecule has 0 aliphatic carbocycles. The Morgan fingerprint density at radius 2 is 2.08 bits per heavy atom. The summed E-state index contributed by atoms with van der Waals surface area (Å²) >= 11 is 0. The van der Waals surface area contributed by atoms with Crippen molar-refractivity contribution in [2.24, 2.45) is 13.0 Å². The first-order valence-electron chi connectivity index (χ1n) is 7.96. The van der Waals surface area contributed by atoms with E-state index in [0.717, 1.165) is 12.8 Å². The van der Waals surface area contributed by atoms with E-state index in [1.54, 1.807) is 18.7 Å². The Morgan fingerprint density at radius 1 is 1.42 bits per heavy atom. The van der Waals surface area contributed by atoms with Gasteiger partial charge in [0.05, 0.1) is 5.39 Å². The Hall–Kier alpha value is -2.25. The molecule has 130 valence electrons. The van der Waals surface area contributed by atoms with Gasteiger partial charge in [0.25, 0.3) is 6.43 Å². The van der Waals surface area contributed by atoms with Crippen LogP contribution >= 0.6 is 0 Å². The maximum Gasteiger partial charge on any atom is 0.303 e. The summed E-state index contributed by atoms with van der Waals surface area (Å²) in [4.78, 5) is 17.2. The number of rotatable bonds is 4. The van der Waals surface area contributed by atoms with E-state index >= 15 is 0 Å². The number of hydrogen-bond donors (Lipinski definition) is 1. The number of carboxylic acid groups (broad SMARTS) is 1. The second-order valence-electron chi connectivity index (χ2n) is 6.31. The molecule has 1 aliphatic heterocycles. The fourth-order valence-corrected chi connectivity index (χ4v) is 3.31. The molecule has 3 rings (SSSR count). The predicted molar refractivity (Wildman–Crippen MR) is 85.4 cm³/mol. The Labute approximate surface area is 138 Å². The van der Waals surface area contributed by atoms with Crippen LogP contribution in [0.1, 0.15) is 36.9 Å². The van der Waals surface area contributed by atoms with Crippen molar-refractivity contribution in [3.8, 4) is 0 Å². The van der Waals surface area contributed by atoms with E-state index in [9.17, 15) is 13.6 Å². The van der Waals surface area contributed by atoms with Crippen molar-refractivity contribution < 1.29 is 18.7 Å². The molecule has 0 aromatic carbocycles. The van der Waals surface area contributed by atoms with Crippen molar-refractivity contribution in [2.75, 3.05) is 18.0 Å². The number of fused-ring (bicyclic) bond motifs is 1. The van der Waals surface area contributed by atoms with E-state index in [-0.39, 0.29) is 17.9 Å². The summed E-state index contributed by atoms with van der Waals surface area (Å²) < 4.78 is 28.5. The molecule has 6 nitrogen and oxygen atoms in total. The highest BCUT2D eigenvalue weighted by molar-refractivity contribution is 5.84. The second kappa shape index (κ2) is 6.33. The van der Waals surface area contributed by atoms with E-state index in [1.165, 1.54) is 6.07 Å². The molecule has 0 bridgehead atoms. The van der Waals surface area contributed by atoms with Crippen LogP contribution in [0.2, 0.25) is 0 Å². The molecule has 0 atom stereocenters. The monoisotopic (exact) mass is 338 g/mol. The van der Waals surface area contributed by atoms with Gasteiger partial charge < -0.3 is 10.0 Å². The summed E-state index contributed by atoms with van der Waals surface area (Å²) in [7, 11) is 1.71. The molecule has 0 unspecified atom stereocenters. The zero-order valence-electron chi connectivity index (χ0n) is 13.7. The van der Waals surface area contributed by atoms with Crippen LogP contribution < -0.4 is 4.90 Å². The van der Waals surface area contributed by atoms with Gasteiger partial charge in [0.2, 0.25) is 0 Å². The van der Waals surface area contributed by atoms with Gasteiger partial charge in [-0.3, -0.25) is 9.48 Å². The number of aromatic nitrogens is 3. The molecule has 0 amide bonds. The number of alkyl halides is 2. The number of halogens is 2. The molecule has 1 saturated heterocycles. The van der Waals surface area contributed by atoms with Crippen LogP contribution in [-0.4, -0.2) is 38.9 Å². The smallest absolute Gasteiger partial charge is 0.303 e. The zero-order chi connectivity index (χ0) is 17.4. The minimum atomic E-state index is -2.60. The van der Waals surface area contributed by atoms with Crippen LogP contribution in [0.15, 0.2) is 6.07 Å². The fraction of sp³-hybridized carbons (Fsp3) is 0.562. The third-order valence-corrected chi connectivity index (χ3v) is 4.75. The van der Waals surface area contributed by atoms with E-state index < -0.39 is 12.4 Å². The summed E-state index contributed by atoms with van der Waals surface area (Å²) in [5.41, 5.74) is 0.947. The van der Waals surface area contributed by atoms with Crippen molar-refractivity contribution >= 4 is 22.8 Å². The van der Waals surface area contributed by atoms with Gasteiger partial charge in [-0.05, 0) is 31.7 Å². The van der Waals surface area contributed by atoms with Gasteiger partial charge >= 0.3 is 5.97 Å². The molecule has 0 radical (unpaired) electrons. The molecule has 0 saturated carbocycles. The van der Waals surface area contributed by atoms with Crippen molar-refractivity contribution in [1.29, 1.82) is 0 Å². The van der Waals surface area contributed by atoms with Crippen LogP contribution in [0.4, 0.5) is 14.6 Å². The Bertz CT molecular complexity index is 767. The van der Waals surface area contributed by atoms with Crippen LogP contribution in [-0.2, 0) is 11.8 Å². The number of piperidine rings is 1. The molecular weight excluding hydrogens is 318 g/mol. The predicted octanol–water partition coefficient (Wildman–Crippen LogP) is 2.91. The number of carboxylic acids is 1. The number of aliphatic carboxylic acids is 1. The van der Waals surface area contributed by atoms with Crippen molar-refractivity contribution in [3.63, 3.8) is 0 Å². The molecule has 2 aromatic rings. The number of nitrogens with zero attached hydrogens (tertiary/aromatic N) is 4. The van der Waals surface area contributed by atoms with Crippen LogP contribution in [0.25, 0.3) is 11.0 Å². The van der Waals surface area contributed by atoms with Gasteiger partial charge in [0.1, 0.15) is 5.82 Å². The summed E-state index contributed by atoms with van der Waals surface area (Å²) in [6.07, 6.45) is -1.00. The van der Waals surface area contributed by atoms with Crippen molar-refractivity contribution in [3.05, 3.63) is 17.3 Å². The lowest BCUT2D eigenvalue weighted by Crippen LogP contribution is -2.35. The van der Waals surface area contributed by atoms with Crippen LogP contribution in [0.3, 0.4) is 0 Å². The minimum Gasteiger partial charge on any atom is -0.481 e. The third kappa shape index (κ3) is 3.05. The molecule has 2 aromatic heterocycles. The number of anilines is 1. The summed E-state index contributed by atoms with van der Waals surface area (Å²) in [5, 5.41) is 13.5. The van der Waals surface area contributed by atoms with Gasteiger partial charge in [-0.25, -0.2) is 13.8 Å². The Kier molecular flexibility index (Phi) is 4.38. The van der Waals surface area contributed by atoms with Crippen LogP contribution in [0, 0.1) is 12.8 Å². The Morgan fingerprint density at radius 3 is 2.67 bits per heavy atom. The van der Waals surface area contributed by atoms with Gasteiger partial charge in [0, 0.05) is 37.8 Å². The molecule has 1 aliphatic rings. The van der Waals surface area contributed by atoms with Crippen molar-refractivity contribution in [2.45, 2.75) is 32.6 Å². The average Bonchev–Trinajstić information content (AvgIpc) is 2.81. The van der Waals surface area contributed by atoms with Crippen molar-refractivity contribution in [1.82, 2.24) is 14.8 Å². The lowest BCUT2D eigenvalue weighted by molar-refractivity contribution is -0.138. The zero-order valence-corrected chi connectivity index (χ0v) is 13.7. The summed E-state index contributed by atoms with van der Waals surface area (Å²) in [6, 6.07) is 1.44. The van der Waals surface area contributed by atoms with Gasteiger partial charge in [-0.1, -0.05) is 0 Å². The summed E-state index contributed by atoms with van der Waals surface area (Å²) in [5.74, 6) is -0.171. The average molecular weight is 338 g/mol. The fourth-order valence-electron chi connectivity index (χ4n) is 3.31. The SMILES string of the molecule is Cc1c2c(C(F)F)cc(N3CCC(CC(=O)O)CC3)nc2nn1C. The maximum atomic E-state index is 13.5. The van der Waals surface area contributed by atoms with E-state index in [2.05, 4.69) is 10.1 Å². The highest BCUT2D eigenvalue weighted by Crippen LogP contribution is 2.33. The highest BCUT2D eigenvalue weighted by atomic mass is 19.3. The highest BCUT2D eigenvalue weighted by Gasteiger charge is 2.25. The quantitative estimate of drug-likeness (QED) is 0.928. The minimum absolute atomic E-state index is 0.0479. The first-order chi connectivity index (χ1) is 11.4. The van der Waals surface area contributed by atoms with E-state index in [0.29, 0.717) is 35.6 Å². The maximum absolute atomic E-state index is 13.5. The van der Waals surface area contributed by atoms with Gasteiger partial charge in [-0.15, -0.1) is 0 Å². The van der Waals surface area contributed by atoms with E-state index in [1.807, 2.05) is 4.90 Å². The number of carbonyl (C=O) groups is 1. The second-order valence-corrected chi connectivity index (χ2v) is 6.31. The van der Waals surface area contributed by atoms with Gasteiger partial charge in [-0.2, -0.15) is 5.10 Å². The number of hydrogen-bond acceptors (Lipinski definition) is 4. The lowest BCUT2D eigenvalue weighted by atomic mass is 9.93. The Balaban J connectivity index is 1.89. The topological polar surface area (TPSA) is 71.2 Å². The molecule has 3 heterocycles. The van der Waals surface area contributed by atoms with E-state index in [4.69, 9.17) is 5.11 Å². The first-order valence-corrected chi connectivity index (χ1v) is 7.96. The third-order valence-electron chi connectivity index (χ3n) is 4.75. The largest absolute Gasteiger partial charge is 0.481 e. The standard InChI is InChI=1S/C16H20F2N4O2/c1-9-14-11(15(17)18)8-12(19-16(14)20-21(9)2)22-5-3-10(4-6-22)7-13(23)24/h8,10,15H,3-7H2,1-2H3,(H,23,24). The summed E-state index contributed by atoms with van der Waals surface area (Å²) in [6.45, 7) is 2.98. The molecule has 1 fully saturated rings. The van der Waals surface area contributed by atoms with Gasteiger partial charge in [0.15, 0.2) is 5.65 Å². The lowest BCUT2D eigenvalue weighted by Gasteiger charge is -2.32. The number of aryl methyl sites for hydroxylation is 2. The first kappa shape index (κ1) is 16.6. The molecular formula is C16H20F2N4O2. The number of pyridine rings is 1. The normalized spacial score (nSPS) is 16.3.